The molecule has 9 heteroatoms. The molecule has 0 saturated carbocycles. The smallest absolute Gasteiger partial charge is 0.319 e. The van der Waals surface area contributed by atoms with E-state index in [9.17, 15) is 13.2 Å². The zero-order chi connectivity index (χ0) is 18.4. The van der Waals surface area contributed by atoms with Crippen molar-refractivity contribution in [2.75, 3.05) is 29.9 Å². The second-order valence-corrected chi connectivity index (χ2v) is 7.18. The first-order valence-electron chi connectivity index (χ1n) is 7.53. The second kappa shape index (κ2) is 7.93. The fourth-order valence-corrected chi connectivity index (χ4v) is 2.72. The summed E-state index contributed by atoms with van der Waals surface area (Å²) in [5.41, 5.74) is 0.673. The van der Waals surface area contributed by atoms with E-state index in [1.54, 1.807) is 12.1 Å². The Morgan fingerprint density at radius 3 is 2.60 bits per heavy atom. The van der Waals surface area contributed by atoms with E-state index in [0.717, 1.165) is 17.8 Å². The van der Waals surface area contributed by atoms with Crippen molar-refractivity contribution in [1.29, 1.82) is 0 Å². The Hall–Kier alpha value is -2.68. The molecule has 0 atom stereocenters. The molecule has 3 N–H and O–H groups in total. The molecule has 0 aliphatic heterocycles. The van der Waals surface area contributed by atoms with Gasteiger partial charge in [0.1, 0.15) is 17.3 Å². The molecule has 2 amide bonds. The van der Waals surface area contributed by atoms with Crippen LogP contribution in [-0.4, -0.2) is 34.4 Å². The number of hydrogen-bond acceptors (Lipinski definition) is 5. The average Bonchev–Trinajstić information content (AvgIpc) is 2.91. The van der Waals surface area contributed by atoms with Gasteiger partial charge in [0.2, 0.25) is 10.0 Å². The van der Waals surface area contributed by atoms with Crippen molar-refractivity contribution < 1.29 is 22.4 Å². The Labute approximate surface area is 146 Å². The lowest BCUT2D eigenvalue weighted by molar-refractivity contribution is 0.252. The van der Waals surface area contributed by atoms with Gasteiger partial charge < -0.3 is 19.8 Å². The number of urea groups is 1. The SMILES string of the molecule is COc1ccc(NC(=O)NCCc2ccc(C)o2)cc1NS(C)(=O)=O. The van der Waals surface area contributed by atoms with Crippen molar-refractivity contribution in [1.82, 2.24) is 5.32 Å². The molecule has 0 unspecified atom stereocenters. The summed E-state index contributed by atoms with van der Waals surface area (Å²) in [4.78, 5) is 11.9. The highest BCUT2D eigenvalue weighted by atomic mass is 32.2. The number of furan rings is 1. The number of benzene rings is 1. The Morgan fingerprint density at radius 2 is 2.00 bits per heavy atom. The number of hydrogen-bond donors (Lipinski definition) is 3. The summed E-state index contributed by atoms with van der Waals surface area (Å²) in [6, 6.07) is 7.98. The second-order valence-electron chi connectivity index (χ2n) is 5.43. The number of methoxy groups -OCH3 is 1. The quantitative estimate of drug-likeness (QED) is 0.696. The number of aryl methyl sites for hydroxylation is 1. The highest BCUT2D eigenvalue weighted by molar-refractivity contribution is 7.92. The van der Waals surface area contributed by atoms with Crippen molar-refractivity contribution in [3.63, 3.8) is 0 Å². The minimum Gasteiger partial charge on any atom is -0.495 e. The van der Waals surface area contributed by atoms with Crippen molar-refractivity contribution >= 4 is 27.4 Å². The Balaban J connectivity index is 1.94. The van der Waals surface area contributed by atoms with Gasteiger partial charge in [0.25, 0.3) is 0 Å². The molecule has 136 valence electrons. The molecule has 8 nitrogen and oxygen atoms in total. The molecule has 0 saturated heterocycles. The third-order valence-corrected chi connectivity index (χ3v) is 3.80. The maximum absolute atomic E-state index is 11.9. The van der Waals surface area contributed by atoms with Crippen LogP contribution in [0, 0.1) is 6.92 Å². The summed E-state index contributed by atoms with van der Waals surface area (Å²) in [7, 11) is -2.04. The number of carbonyl (C=O) groups excluding carboxylic acids is 1. The number of amides is 2. The molecular formula is C16H21N3O5S. The van der Waals surface area contributed by atoms with Crippen LogP contribution in [-0.2, 0) is 16.4 Å². The van der Waals surface area contributed by atoms with E-state index in [1.807, 2.05) is 19.1 Å². The van der Waals surface area contributed by atoms with Gasteiger partial charge >= 0.3 is 6.03 Å². The van der Waals surface area contributed by atoms with Crippen LogP contribution in [0.2, 0.25) is 0 Å². The fourth-order valence-electron chi connectivity index (χ4n) is 2.16. The molecule has 2 aromatic rings. The van der Waals surface area contributed by atoms with Gasteiger partial charge in [-0.2, -0.15) is 0 Å². The molecule has 0 bridgehead atoms. The Bertz CT molecular complexity index is 845. The highest BCUT2D eigenvalue weighted by Crippen LogP contribution is 2.28. The van der Waals surface area contributed by atoms with Crippen molar-refractivity contribution in [2.45, 2.75) is 13.3 Å². The lowest BCUT2D eigenvalue weighted by Gasteiger charge is -2.12. The average molecular weight is 367 g/mol. The van der Waals surface area contributed by atoms with Crippen LogP contribution in [0.15, 0.2) is 34.7 Å². The molecular weight excluding hydrogens is 346 g/mol. The van der Waals surface area contributed by atoms with Crippen molar-refractivity contribution in [3.05, 3.63) is 41.9 Å². The van der Waals surface area contributed by atoms with Crippen molar-refractivity contribution in [2.24, 2.45) is 0 Å². The summed E-state index contributed by atoms with van der Waals surface area (Å²) in [5.74, 6) is 1.97. The largest absolute Gasteiger partial charge is 0.495 e. The number of rotatable bonds is 7. The molecule has 2 rings (SSSR count). The van der Waals surface area contributed by atoms with E-state index in [4.69, 9.17) is 9.15 Å². The molecule has 25 heavy (non-hydrogen) atoms. The number of ether oxygens (including phenoxy) is 1. The first-order chi connectivity index (χ1) is 11.8. The Kier molecular flexibility index (Phi) is 5.92. The number of carbonyl (C=O) groups is 1. The van der Waals surface area contributed by atoms with Gasteiger partial charge in [0, 0.05) is 18.7 Å². The predicted octanol–water partition coefficient (Wildman–Crippen LogP) is 2.33. The topological polar surface area (TPSA) is 110 Å². The van der Waals surface area contributed by atoms with Crippen LogP contribution in [0.1, 0.15) is 11.5 Å². The molecule has 0 aliphatic carbocycles. The molecule has 0 radical (unpaired) electrons. The summed E-state index contributed by atoms with van der Waals surface area (Å²) >= 11 is 0. The molecule has 1 aromatic heterocycles. The van der Waals surface area contributed by atoms with E-state index in [2.05, 4.69) is 15.4 Å². The molecule has 0 fully saturated rings. The molecule has 0 spiro atoms. The van der Waals surface area contributed by atoms with Crippen LogP contribution in [0.3, 0.4) is 0 Å². The number of anilines is 2. The van der Waals surface area contributed by atoms with Crippen LogP contribution in [0.25, 0.3) is 0 Å². The first kappa shape index (κ1) is 18.7. The normalized spacial score (nSPS) is 11.0. The summed E-state index contributed by atoms with van der Waals surface area (Å²) < 4.78 is 35.7. The Morgan fingerprint density at radius 1 is 1.24 bits per heavy atom. The lowest BCUT2D eigenvalue weighted by atomic mass is 10.2. The summed E-state index contributed by atoms with van der Waals surface area (Å²) in [5, 5.41) is 5.35. The van der Waals surface area contributed by atoms with Gasteiger partial charge in [0.15, 0.2) is 0 Å². The van der Waals surface area contributed by atoms with Crippen LogP contribution in [0.5, 0.6) is 5.75 Å². The van der Waals surface area contributed by atoms with Crippen LogP contribution in [0.4, 0.5) is 16.2 Å². The van der Waals surface area contributed by atoms with E-state index in [0.29, 0.717) is 24.4 Å². The monoisotopic (exact) mass is 367 g/mol. The highest BCUT2D eigenvalue weighted by Gasteiger charge is 2.10. The minimum absolute atomic E-state index is 0.244. The van der Waals surface area contributed by atoms with Gasteiger partial charge in [-0.25, -0.2) is 13.2 Å². The maximum atomic E-state index is 11.9. The zero-order valence-electron chi connectivity index (χ0n) is 14.3. The summed E-state index contributed by atoms with van der Waals surface area (Å²) in [6.07, 6.45) is 1.61. The number of nitrogens with one attached hydrogen (secondary N) is 3. The third-order valence-electron chi connectivity index (χ3n) is 3.21. The fraction of sp³-hybridized carbons (Fsp3) is 0.312. The standard InChI is InChI=1S/C16H21N3O5S/c1-11-4-6-13(24-11)8-9-17-16(20)18-12-5-7-15(23-2)14(10-12)19-25(3,21)22/h4-7,10,19H,8-9H2,1-3H3,(H2,17,18,20). The molecule has 1 aromatic carbocycles. The molecule has 0 aliphatic rings. The minimum atomic E-state index is -3.47. The van der Waals surface area contributed by atoms with E-state index >= 15 is 0 Å². The maximum Gasteiger partial charge on any atom is 0.319 e. The van der Waals surface area contributed by atoms with Gasteiger partial charge in [-0.05, 0) is 37.3 Å². The van der Waals surface area contributed by atoms with E-state index < -0.39 is 16.1 Å². The van der Waals surface area contributed by atoms with E-state index in [1.165, 1.54) is 13.2 Å². The van der Waals surface area contributed by atoms with Crippen LogP contribution >= 0.6 is 0 Å². The van der Waals surface area contributed by atoms with Gasteiger partial charge in [0.05, 0.1) is 19.1 Å². The van der Waals surface area contributed by atoms with Gasteiger partial charge in [-0.3, -0.25) is 4.72 Å². The van der Waals surface area contributed by atoms with Gasteiger partial charge in [-0.15, -0.1) is 0 Å². The molecule has 1 heterocycles. The third kappa shape index (κ3) is 6.03. The number of sulfonamides is 1. The van der Waals surface area contributed by atoms with Crippen molar-refractivity contribution in [3.8, 4) is 5.75 Å². The predicted molar refractivity (Wildman–Crippen MR) is 95.6 cm³/mol. The lowest BCUT2D eigenvalue weighted by Crippen LogP contribution is -2.30. The summed E-state index contributed by atoms with van der Waals surface area (Å²) in [6.45, 7) is 2.26. The van der Waals surface area contributed by atoms with Gasteiger partial charge in [-0.1, -0.05) is 0 Å². The zero-order valence-corrected chi connectivity index (χ0v) is 15.1. The van der Waals surface area contributed by atoms with E-state index in [-0.39, 0.29) is 5.69 Å². The van der Waals surface area contributed by atoms with Crippen LogP contribution < -0.4 is 20.1 Å². The first-order valence-corrected chi connectivity index (χ1v) is 9.42.